The molecule has 2 unspecified atom stereocenters. The molecule has 0 aromatic heterocycles. The van der Waals surface area contributed by atoms with Gasteiger partial charge in [-0.15, -0.1) is 0 Å². The number of rotatable bonds is 23. The second-order valence-electron chi connectivity index (χ2n) is 9.58. The predicted molar refractivity (Wildman–Crippen MR) is 140 cm³/mol. The van der Waals surface area contributed by atoms with Gasteiger partial charge in [0, 0.05) is 18.9 Å². The Bertz CT molecular complexity index is 559. The van der Waals surface area contributed by atoms with Crippen molar-refractivity contribution in [1.29, 1.82) is 0 Å². The average Bonchev–Trinajstić information content (AvgIpc) is 2.80. The topological polar surface area (TPSA) is 87.1 Å². The van der Waals surface area contributed by atoms with E-state index in [1.807, 2.05) is 19.0 Å². The molecule has 0 aliphatic rings. The molecule has 0 saturated heterocycles. The van der Waals surface area contributed by atoms with Gasteiger partial charge >= 0.3 is 11.9 Å². The molecule has 198 valence electrons. The normalized spacial score (nSPS) is 13.7. The van der Waals surface area contributed by atoms with E-state index in [2.05, 4.69) is 31.2 Å². The average molecular weight is 482 g/mol. The molecule has 0 amide bonds. The summed E-state index contributed by atoms with van der Waals surface area (Å²) in [6.45, 7) is 2.95. The van der Waals surface area contributed by atoms with Crippen LogP contribution in [0.4, 0.5) is 0 Å². The van der Waals surface area contributed by atoms with Crippen LogP contribution in [0.2, 0.25) is 0 Å². The summed E-state index contributed by atoms with van der Waals surface area (Å²) in [5.74, 6) is -1.95. The van der Waals surface area contributed by atoms with Crippen molar-refractivity contribution >= 4 is 11.9 Å². The molecule has 0 saturated carbocycles. The zero-order valence-electron chi connectivity index (χ0n) is 22.1. The summed E-state index contributed by atoms with van der Waals surface area (Å²) in [5.41, 5.74) is 0. The molecule has 0 aromatic carbocycles. The lowest BCUT2D eigenvalue weighted by molar-refractivity contribution is -0.146. The van der Waals surface area contributed by atoms with E-state index in [1.165, 1.54) is 25.7 Å². The number of aliphatic hydroxyl groups excluding tert-OH is 1. The van der Waals surface area contributed by atoms with Crippen LogP contribution >= 0.6 is 0 Å². The Morgan fingerprint density at radius 3 is 2.15 bits per heavy atom. The maximum absolute atomic E-state index is 11.8. The highest BCUT2D eigenvalue weighted by molar-refractivity contribution is 5.70. The lowest BCUT2D eigenvalue weighted by Crippen LogP contribution is -2.24. The van der Waals surface area contributed by atoms with Gasteiger partial charge in [-0.25, -0.2) is 0 Å². The fraction of sp³-hybridized carbons (Fsp3) is 0.786. The lowest BCUT2D eigenvalue weighted by atomic mass is 9.90. The largest absolute Gasteiger partial charge is 0.481 e. The summed E-state index contributed by atoms with van der Waals surface area (Å²) in [4.78, 5) is 25.5. The van der Waals surface area contributed by atoms with Crippen molar-refractivity contribution in [3.8, 4) is 0 Å². The molecular formula is C28H51NO5. The highest BCUT2D eigenvalue weighted by Crippen LogP contribution is 2.21. The number of aliphatic carboxylic acids is 1. The molecule has 0 aliphatic carbocycles. The number of unbranched alkanes of at least 4 members (excludes halogenated alkanes) is 7. The number of hydrogen-bond acceptors (Lipinski definition) is 5. The summed E-state index contributed by atoms with van der Waals surface area (Å²) in [6.07, 6.45) is 22.2. The van der Waals surface area contributed by atoms with Crippen molar-refractivity contribution < 1.29 is 24.5 Å². The first kappa shape index (κ1) is 32.3. The Hall–Kier alpha value is -1.66. The van der Waals surface area contributed by atoms with E-state index < -0.39 is 11.9 Å². The van der Waals surface area contributed by atoms with Crippen LogP contribution in [0.25, 0.3) is 0 Å². The van der Waals surface area contributed by atoms with E-state index >= 15 is 0 Å². The molecule has 0 rings (SSSR count). The number of nitrogens with zero attached hydrogens (tertiary/aromatic N) is 1. The fourth-order valence-corrected chi connectivity index (χ4v) is 3.79. The number of hydrogen-bond donors (Lipinski definition) is 2. The molecular weight excluding hydrogens is 430 g/mol. The summed E-state index contributed by atoms with van der Waals surface area (Å²) in [6, 6.07) is 0. The predicted octanol–water partition coefficient (Wildman–Crippen LogP) is 5.99. The summed E-state index contributed by atoms with van der Waals surface area (Å²) >= 11 is 0. The molecule has 0 heterocycles. The molecule has 2 N–H and O–H groups in total. The monoisotopic (exact) mass is 481 g/mol. The highest BCUT2D eigenvalue weighted by Gasteiger charge is 2.23. The molecule has 2 atom stereocenters. The minimum absolute atomic E-state index is 0.0847. The van der Waals surface area contributed by atoms with Crippen molar-refractivity contribution in [1.82, 2.24) is 4.90 Å². The summed E-state index contributed by atoms with van der Waals surface area (Å²) in [7, 11) is 3.90. The summed E-state index contributed by atoms with van der Waals surface area (Å²) < 4.78 is 5.26. The quantitative estimate of drug-likeness (QED) is 0.106. The van der Waals surface area contributed by atoms with E-state index in [9.17, 15) is 19.8 Å². The van der Waals surface area contributed by atoms with Gasteiger partial charge in [-0.1, -0.05) is 63.3 Å². The van der Waals surface area contributed by atoms with Crippen LogP contribution < -0.4 is 0 Å². The van der Waals surface area contributed by atoms with Gasteiger partial charge < -0.3 is 19.8 Å². The van der Waals surface area contributed by atoms with Gasteiger partial charge in [0.05, 0.1) is 12.5 Å². The third-order valence-corrected chi connectivity index (χ3v) is 5.94. The highest BCUT2D eigenvalue weighted by atomic mass is 16.5. The Morgan fingerprint density at radius 2 is 1.56 bits per heavy atom. The van der Waals surface area contributed by atoms with Crippen LogP contribution in [-0.2, 0) is 14.3 Å². The Labute approximate surface area is 208 Å². The number of carboxylic acid groups (broad SMARTS) is 1. The van der Waals surface area contributed by atoms with E-state index in [-0.39, 0.29) is 25.1 Å². The van der Waals surface area contributed by atoms with Crippen LogP contribution in [0.1, 0.15) is 96.8 Å². The van der Waals surface area contributed by atoms with Gasteiger partial charge in [-0.2, -0.15) is 0 Å². The van der Waals surface area contributed by atoms with E-state index in [0.29, 0.717) is 19.3 Å². The minimum atomic E-state index is -0.832. The van der Waals surface area contributed by atoms with Crippen molar-refractivity contribution in [2.75, 3.05) is 33.9 Å². The number of allylic oxidation sites excluding steroid dienone is 4. The van der Waals surface area contributed by atoms with Gasteiger partial charge in [0.25, 0.3) is 0 Å². The number of carboxylic acids is 1. The molecule has 0 radical (unpaired) electrons. The number of aliphatic hydroxyl groups is 1. The van der Waals surface area contributed by atoms with Crippen LogP contribution in [0.15, 0.2) is 24.3 Å². The number of ether oxygens (including phenoxy) is 1. The van der Waals surface area contributed by atoms with Gasteiger partial charge in [-0.3, -0.25) is 9.59 Å². The molecule has 6 nitrogen and oxygen atoms in total. The first-order valence-electron chi connectivity index (χ1n) is 13.3. The molecule has 0 fully saturated rings. The number of esters is 1. The lowest BCUT2D eigenvalue weighted by Gasteiger charge is -2.19. The van der Waals surface area contributed by atoms with Crippen molar-refractivity contribution in [3.05, 3.63) is 24.3 Å². The van der Waals surface area contributed by atoms with E-state index in [4.69, 9.17) is 4.74 Å². The maximum atomic E-state index is 11.8. The summed E-state index contributed by atoms with van der Waals surface area (Å²) in [5, 5.41) is 19.2. The first-order chi connectivity index (χ1) is 16.4. The number of carbonyl (C=O) groups excluding carboxylic acids is 1. The van der Waals surface area contributed by atoms with E-state index in [1.54, 1.807) is 0 Å². The maximum Gasteiger partial charge on any atom is 0.306 e. The molecule has 0 aliphatic heterocycles. The molecule has 0 bridgehead atoms. The zero-order valence-corrected chi connectivity index (χ0v) is 22.1. The molecule has 34 heavy (non-hydrogen) atoms. The van der Waals surface area contributed by atoms with Crippen LogP contribution in [0.5, 0.6) is 0 Å². The van der Waals surface area contributed by atoms with Gasteiger partial charge in [-0.05, 0) is 72.0 Å². The van der Waals surface area contributed by atoms with Gasteiger partial charge in [0.2, 0.25) is 0 Å². The zero-order chi connectivity index (χ0) is 25.4. The molecule has 6 heteroatoms. The van der Waals surface area contributed by atoms with Crippen molar-refractivity contribution in [2.45, 2.75) is 96.8 Å². The first-order valence-corrected chi connectivity index (χ1v) is 13.3. The standard InChI is InChI=1S/C28H51NO5/c1-4-5-6-7-8-9-10-11-12-13-14-15-16-17-19-26(28(32)33)22-25(23-30)24-34-27(31)20-18-21-29(2)3/h8-9,11-12,25-26,30H,4-7,10,13-24H2,1-3H3,(H,32,33)/b9-8-,12-11-. The van der Waals surface area contributed by atoms with E-state index in [0.717, 1.165) is 51.5 Å². The van der Waals surface area contributed by atoms with Crippen LogP contribution in [-0.4, -0.2) is 60.9 Å². The number of carbonyl (C=O) groups is 2. The van der Waals surface area contributed by atoms with Crippen LogP contribution in [0, 0.1) is 11.8 Å². The molecule has 0 aromatic rings. The Morgan fingerprint density at radius 1 is 0.912 bits per heavy atom. The molecule has 0 spiro atoms. The Kier molecular flexibility index (Phi) is 22.0. The Balaban J connectivity index is 3.97. The van der Waals surface area contributed by atoms with Crippen molar-refractivity contribution in [3.63, 3.8) is 0 Å². The third kappa shape index (κ3) is 20.9. The van der Waals surface area contributed by atoms with Crippen LogP contribution in [0.3, 0.4) is 0 Å². The fourth-order valence-electron chi connectivity index (χ4n) is 3.79. The smallest absolute Gasteiger partial charge is 0.306 e. The minimum Gasteiger partial charge on any atom is -0.481 e. The second kappa shape index (κ2) is 23.1. The van der Waals surface area contributed by atoms with Gasteiger partial charge in [0.15, 0.2) is 0 Å². The second-order valence-corrected chi connectivity index (χ2v) is 9.58. The third-order valence-electron chi connectivity index (χ3n) is 5.94. The SMILES string of the molecule is CCCCC/C=C\C/C=C\CCCCCCC(CC(CO)COC(=O)CCCN(C)C)C(=O)O. The van der Waals surface area contributed by atoms with Gasteiger partial charge in [0.1, 0.15) is 0 Å². The van der Waals surface area contributed by atoms with Crippen molar-refractivity contribution in [2.24, 2.45) is 11.8 Å².